The minimum atomic E-state index is -0.331. The van der Waals surface area contributed by atoms with Crippen LogP contribution in [0.5, 0.6) is 0 Å². The number of hydrogen-bond donors (Lipinski definition) is 1. The van der Waals surface area contributed by atoms with Crippen molar-refractivity contribution in [2.75, 3.05) is 32.8 Å². The summed E-state index contributed by atoms with van der Waals surface area (Å²) in [6, 6.07) is 9.96. The van der Waals surface area contributed by atoms with E-state index < -0.39 is 0 Å². The molecular formula is C19H23FN2O3. The lowest BCUT2D eigenvalue weighted by molar-refractivity contribution is -0.120. The molecule has 1 unspecified atom stereocenters. The van der Waals surface area contributed by atoms with Crippen LogP contribution in [0.3, 0.4) is 0 Å². The zero-order chi connectivity index (χ0) is 17.6. The van der Waals surface area contributed by atoms with Crippen LogP contribution in [0.1, 0.15) is 23.1 Å². The molecule has 25 heavy (non-hydrogen) atoms. The van der Waals surface area contributed by atoms with E-state index in [1.54, 1.807) is 12.1 Å². The number of hydrogen-bond acceptors (Lipinski definition) is 4. The third kappa shape index (κ3) is 4.90. The second-order valence-corrected chi connectivity index (χ2v) is 6.22. The van der Waals surface area contributed by atoms with Crippen LogP contribution in [0.25, 0.3) is 0 Å². The number of carbonyl (C=O) groups is 1. The molecule has 134 valence electrons. The maximum absolute atomic E-state index is 13.2. The van der Waals surface area contributed by atoms with Gasteiger partial charge in [0.2, 0.25) is 5.91 Å². The van der Waals surface area contributed by atoms with E-state index in [1.807, 2.05) is 19.1 Å². The van der Waals surface area contributed by atoms with Crippen molar-refractivity contribution >= 4 is 5.91 Å². The first-order valence-electron chi connectivity index (χ1n) is 8.51. The van der Waals surface area contributed by atoms with Crippen LogP contribution in [-0.2, 0) is 16.0 Å². The van der Waals surface area contributed by atoms with E-state index in [4.69, 9.17) is 9.15 Å². The van der Waals surface area contributed by atoms with Gasteiger partial charge in [-0.05, 0) is 36.8 Å². The van der Waals surface area contributed by atoms with Crippen molar-refractivity contribution in [1.29, 1.82) is 0 Å². The molecule has 0 aliphatic carbocycles. The summed E-state index contributed by atoms with van der Waals surface area (Å²) in [4.78, 5) is 14.5. The van der Waals surface area contributed by atoms with Gasteiger partial charge in [-0.25, -0.2) is 4.39 Å². The Morgan fingerprint density at radius 2 is 2.08 bits per heavy atom. The number of ether oxygens (including phenoxy) is 1. The van der Waals surface area contributed by atoms with Gasteiger partial charge in [0.1, 0.15) is 17.3 Å². The molecule has 0 spiro atoms. The molecule has 1 aromatic carbocycles. The van der Waals surface area contributed by atoms with Gasteiger partial charge >= 0.3 is 0 Å². The fraction of sp³-hybridized carbons (Fsp3) is 0.421. The maximum atomic E-state index is 13.2. The minimum Gasteiger partial charge on any atom is -0.465 e. The van der Waals surface area contributed by atoms with Gasteiger partial charge in [0, 0.05) is 19.6 Å². The van der Waals surface area contributed by atoms with Gasteiger partial charge in [0.05, 0.1) is 25.7 Å². The summed E-state index contributed by atoms with van der Waals surface area (Å²) in [7, 11) is 0. The molecule has 1 atom stereocenters. The molecule has 0 saturated carbocycles. The van der Waals surface area contributed by atoms with Crippen molar-refractivity contribution in [3.63, 3.8) is 0 Å². The number of halogens is 1. The highest BCUT2D eigenvalue weighted by Gasteiger charge is 2.25. The van der Waals surface area contributed by atoms with Crippen molar-refractivity contribution in [3.8, 4) is 0 Å². The van der Waals surface area contributed by atoms with E-state index >= 15 is 0 Å². The topological polar surface area (TPSA) is 54.7 Å². The summed E-state index contributed by atoms with van der Waals surface area (Å²) in [5, 5.41) is 2.95. The Hall–Kier alpha value is -2.18. The lowest BCUT2D eigenvalue weighted by Gasteiger charge is -2.33. The Labute approximate surface area is 146 Å². The van der Waals surface area contributed by atoms with E-state index in [0.717, 1.165) is 24.6 Å². The molecule has 1 N–H and O–H groups in total. The van der Waals surface area contributed by atoms with Gasteiger partial charge in [0.15, 0.2) is 0 Å². The molecule has 1 aliphatic rings. The Bertz CT molecular complexity index is 710. The summed E-state index contributed by atoms with van der Waals surface area (Å²) in [5.74, 6) is 1.22. The second kappa shape index (κ2) is 8.27. The molecule has 6 heteroatoms. The van der Waals surface area contributed by atoms with Gasteiger partial charge in [-0.2, -0.15) is 0 Å². The molecule has 0 bridgehead atoms. The molecule has 0 radical (unpaired) electrons. The van der Waals surface area contributed by atoms with Crippen molar-refractivity contribution in [2.24, 2.45) is 0 Å². The molecule has 1 amide bonds. The van der Waals surface area contributed by atoms with Crippen LogP contribution in [0.15, 0.2) is 40.8 Å². The SMILES string of the molecule is Cc1ccc(C(CNC(=O)Cc2cccc(F)c2)N2CCOCC2)o1. The molecule has 2 heterocycles. The lowest BCUT2D eigenvalue weighted by Crippen LogP contribution is -2.44. The van der Waals surface area contributed by atoms with Crippen molar-refractivity contribution < 1.29 is 18.3 Å². The van der Waals surface area contributed by atoms with Gasteiger partial charge < -0.3 is 14.5 Å². The fourth-order valence-corrected chi connectivity index (χ4v) is 3.04. The maximum Gasteiger partial charge on any atom is 0.224 e. The summed E-state index contributed by atoms with van der Waals surface area (Å²) < 4.78 is 24.4. The molecule has 2 aromatic rings. The molecule has 1 saturated heterocycles. The van der Waals surface area contributed by atoms with E-state index in [-0.39, 0.29) is 24.2 Å². The smallest absolute Gasteiger partial charge is 0.224 e. The number of furan rings is 1. The summed E-state index contributed by atoms with van der Waals surface area (Å²) in [5.41, 5.74) is 0.661. The third-order valence-electron chi connectivity index (χ3n) is 4.32. The van der Waals surface area contributed by atoms with E-state index in [1.165, 1.54) is 12.1 Å². The summed E-state index contributed by atoms with van der Waals surface area (Å²) >= 11 is 0. The molecule has 5 nitrogen and oxygen atoms in total. The molecule has 1 aromatic heterocycles. The first-order valence-corrected chi connectivity index (χ1v) is 8.51. The average molecular weight is 346 g/mol. The highest BCUT2D eigenvalue weighted by Crippen LogP contribution is 2.23. The van der Waals surface area contributed by atoms with E-state index in [9.17, 15) is 9.18 Å². The standard InChI is InChI=1S/C19H23FN2O3/c1-14-5-6-18(25-14)17(22-7-9-24-10-8-22)13-21-19(23)12-15-3-2-4-16(20)11-15/h2-6,11,17H,7-10,12-13H2,1H3,(H,21,23). The molecule has 1 aliphatic heterocycles. The molecule has 3 rings (SSSR count). The minimum absolute atomic E-state index is 0.0333. The number of benzene rings is 1. The largest absolute Gasteiger partial charge is 0.465 e. The Morgan fingerprint density at radius 3 is 2.76 bits per heavy atom. The van der Waals surface area contributed by atoms with Crippen LogP contribution in [-0.4, -0.2) is 43.7 Å². The average Bonchev–Trinajstić information content (AvgIpc) is 3.02. The van der Waals surface area contributed by atoms with Crippen molar-refractivity contribution in [1.82, 2.24) is 10.2 Å². The Kier molecular flexibility index (Phi) is 5.83. The number of morpholine rings is 1. The zero-order valence-electron chi connectivity index (χ0n) is 14.3. The quantitative estimate of drug-likeness (QED) is 0.873. The van der Waals surface area contributed by atoms with Crippen LogP contribution < -0.4 is 5.32 Å². The predicted molar refractivity (Wildman–Crippen MR) is 91.7 cm³/mol. The number of nitrogens with one attached hydrogen (secondary N) is 1. The first-order chi connectivity index (χ1) is 12.1. The van der Waals surface area contributed by atoms with Crippen LogP contribution in [0, 0.1) is 12.7 Å². The predicted octanol–water partition coefficient (Wildman–Crippen LogP) is 2.46. The number of aryl methyl sites for hydroxylation is 1. The highest BCUT2D eigenvalue weighted by atomic mass is 19.1. The Balaban J connectivity index is 1.62. The number of nitrogens with zero attached hydrogens (tertiary/aromatic N) is 1. The summed E-state index contributed by atoms with van der Waals surface area (Å²) in [6.07, 6.45) is 0.158. The third-order valence-corrected chi connectivity index (χ3v) is 4.32. The van der Waals surface area contributed by atoms with Crippen molar-refractivity contribution in [3.05, 3.63) is 59.3 Å². The van der Waals surface area contributed by atoms with E-state index in [2.05, 4.69) is 10.2 Å². The molecule has 1 fully saturated rings. The zero-order valence-corrected chi connectivity index (χ0v) is 14.3. The lowest BCUT2D eigenvalue weighted by atomic mass is 10.1. The first kappa shape index (κ1) is 17.6. The highest BCUT2D eigenvalue weighted by molar-refractivity contribution is 5.78. The summed E-state index contributed by atoms with van der Waals surface area (Å²) in [6.45, 7) is 5.29. The second-order valence-electron chi connectivity index (χ2n) is 6.22. The number of amides is 1. The Morgan fingerprint density at radius 1 is 1.28 bits per heavy atom. The fourth-order valence-electron chi connectivity index (χ4n) is 3.04. The van der Waals surface area contributed by atoms with Crippen molar-refractivity contribution in [2.45, 2.75) is 19.4 Å². The normalized spacial score (nSPS) is 16.6. The van der Waals surface area contributed by atoms with E-state index in [0.29, 0.717) is 25.3 Å². The number of rotatable bonds is 6. The van der Waals surface area contributed by atoms with Crippen LogP contribution in [0.2, 0.25) is 0 Å². The van der Waals surface area contributed by atoms with Crippen LogP contribution in [0.4, 0.5) is 4.39 Å². The monoisotopic (exact) mass is 346 g/mol. The molecular weight excluding hydrogens is 323 g/mol. The van der Waals surface area contributed by atoms with Gasteiger partial charge in [-0.3, -0.25) is 9.69 Å². The number of carbonyl (C=O) groups excluding carboxylic acids is 1. The van der Waals surface area contributed by atoms with Crippen LogP contribution >= 0.6 is 0 Å². The van der Waals surface area contributed by atoms with Gasteiger partial charge in [0.25, 0.3) is 0 Å². The van der Waals surface area contributed by atoms with Gasteiger partial charge in [-0.15, -0.1) is 0 Å². The van der Waals surface area contributed by atoms with Gasteiger partial charge in [-0.1, -0.05) is 12.1 Å².